The number of carboxylic acids is 1. The van der Waals surface area contributed by atoms with E-state index in [1.165, 1.54) is 11.8 Å². The number of hydrogen-bond acceptors (Lipinski definition) is 6. The van der Waals surface area contributed by atoms with Gasteiger partial charge in [-0.2, -0.15) is 0 Å². The van der Waals surface area contributed by atoms with Crippen molar-refractivity contribution in [3.05, 3.63) is 35.4 Å². The van der Waals surface area contributed by atoms with Crippen LogP contribution < -0.4 is 5.32 Å². The van der Waals surface area contributed by atoms with Crippen molar-refractivity contribution in [3.63, 3.8) is 0 Å². The third kappa shape index (κ3) is 5.17. The Kier molecular flexibility index (Phi) is 7.33. The molecule has 0 radical (unpaired) electrons. The first-order valence-corrected chi connectivity index (χ1v) is 12.7. The maximum atomic E-state index is 13.0. The SMILES string of the molecule is CCS(=O)(=O)CCC(NC(=O)C1CCCCC1CN1C(=O)c2ccccc2C1=O)C(=O)O. The largest absolute Gasteiger partial charge is 0.480 e. The number of amides is 3. The minimum Gasteiger partial charge on any atom is -0.480 e. The summed E-state index contributed by atoms with van der Waals surface area (Å²) in [5.74, 6) is -3.82. The monoisotopic (exact) mass is 464 g/mol. The summed E-state index contributed by atoms with van der Waals surface area (Å²) in [6.07, 6.45) is 2.55. The topological polar surface area (TPSA) is 138 Å². The molecule has 0 spiro atoms. The summed E-state index contributed by atoms with van der Waals surface area (Å²) in [6, 6.07) is 5.26. The molecule has 2 N–H and O–H groups in total. The molecular weight excluding hydrogens is 436 g/mol. The van der Waals surface area contributed by atoms with E-state index in [9.17, 15) is 32.7 Å². The number of nitrogens with one attached hydrogen (secondary N) is 1. The Hall–Kier alpha value is -2.75. The van der Waals surface area contributed by atoms with Gasteiger partial charge in [-0.25, -0.2) is 13.2 Å². The van der Waals surface area contributed by atoms with Crippen LogP contribution in [0.1, 0.15) is 59.7 Å². The van der Waals surface area contributed by atoms with Crippen molar-refractivity contribution in [1.29, 1.82) is 0 Å². The number of imide groups is 1. The van der Waals surface area contributed by atoms with Crippen LogP contribution in [0, 0.1) is 11.8 Å². The number of fused-ring (bicyclic) bond motifs is 1. The second-order valence-electron chi connectivity index (χ2n) is 8.34. The molecule has 1 fully saturated rings. The molecule has 0 saturated heterocycles. The molecule has 0 aromatic heterocycles. The molecule has 1 aromatic rings. The zero-order chi connectivity index (χ0) is 23.5. The molecule has 2 aliphatic rings. The zero-order valence-electron chi connectivity index (χ0n) is 18.0. The van der Waals surface area contributed by atoms with Crippen molar-refractivity contribution >= 4 is 33.5 Å². The second-order valence-corrected chi connectivity index (χ2v) is 10.8. The van der Waals surface area contributed by atoms with Crippen LogP contribution in [0.4, 0.5) is 0 Å². The van der Waals surface area contributed by atoms with E-state index in [4.69, 9.17) is 0 Å². The molecule has 3 unspecified atom stereocenters. The Morgan fingerprint density at radius 1 is 1.12 bits per heavy atom. The van der Waals surface area contributed by atoms with Crippen LogP contribution in [0.15, 0.2) is 24.3 Å². The lowest BCUT2D eigenvalue weighted by Crippen LogP contribution is -2.48. The van der Waals surface area contributed by atoms with E-state index in [1.54, 1.807) is 24.3 Å². The highest BCUT2D eigenvalue weighted by Gasteiger charge is 2.40. The lowest BCUT2D eigenvalue weighted by Gasteiger charge is -2.33. The molecule has 3 rings (SSSR count). The summed E-state index contributed by atoms with van der Waals surface area (Å²) >= 11 is 0. The van der Waals surface area contributed by atoms with Gasteiger partial charge in [0, 0.05) is 18.2 Å². The molecule has 0 bridgehead atoms. The Morgan fingerprint density at radius 2 is 1.72 bits per heavy atom. The summed E-state index contributed by atoms with van der Waals surface area (Å²) in [5, 5.41) is 11.9. The van der Waals surface area contributed by atoms with Gasteiger partial charge in [0.05, 0.1) is 16.9 Å². The van der Waals surface area contributed by atoms with E-state index in [1.807, 2.05) is 0 Å². The van der Waals surface area contributed by atoms with Crippen molar-refractivity contribution in [1.82, 2.24) is 10.2 Å². The summed E-state index contributed by atoms with van der Waals surface area (Å²) in [5.41, 5.74) is 0.690. The highest BCUT2D eigenvalue weighted by Crippen LogP contribution is 2.33. The van der Waals surface area contributed by atoms with Gasteiger partial charge in [0.2, 0.25) is 5.91 Å². The first-order valence-electron chi connectivity index (χ1n) is 10.8. The van der Waals surface area contributed by atoms with Crippen molar-refractivity contribution in [2.75, 3.05) is 18.1 Å². The molecule has 9 nitrogen and oxygen atoms in total. The Bertz CT molecular complexity index is 986. The smallest absolute Gasteiger partial charge is 0.326 e. The fourth-order valence-electron chi connectivity index (χ4n) is 4.39. The summed E-state index contributed by atoms with van der Waals surface area (Å²) in [6.45, 7) is 1.57. The van der Waals surface area contributed by atoms with E-state index >= 15 is 0 Å². The Balaban J connectivity index is 1.69. The zero-order valence-corrected chi connectivity index (χ0v) is 18.8. The van der Waals surface area contributed by atoms with Gasteiger partial charge in [0.1, 0.15) is 15.9 Å². The highest BCUT2D eigenvalue weighted by molar-refractivity contribution is 7.91. The Morgan fingerprint density at radius 3 is 2.28 bits per heavy atom. The van der Waals surface area contributed by atoms with Crippen molar-refractivity contribution in [2.24, 2.45) is 11.8 Å². The van der Waals surface area contributed by atoms with Crippen LogP contribution in [0.25, 0.3) is 0 Å². The number of nitrogens with zero attached hydrogens (tertiary/aromatic N) is 1. The van der Waals surface area contributed by atoms with Crippen molar-refractivity contribution < 1.29 is 32.7 Å². The van der Waals surface area contributed by atoms with E-state index in [0.717, 1.165) is 12.8 Å². The number of benzene rings is 1. The molecular formula is C22H28N2O7S. The lowest BCUT2D eigenvalue weighted by molar-refractivity contribution is -0.143. The van der Waals surface area contributed by atoms with Crippen LogP contribution in [0.2, 0.25) is 0 Å². The molecule has 1 aromatic carbocycles. The molecule has 3 amide bonds. The van der Waals surface area contributed by atoms with Gasteiger partial charge in [0.15, 0.2) is 0 Å². The molecule has 1 saturated carbocycles. The summed E-state index contributed by atoms with van der Waals surface area (Å²) in [4.78, 5) is 51.1. The maximum absolute atomic E-state index is 13.0. The number of hydrogen-bond donors (Lipinski definition) is 2. The number of carboxylic acid groups (broad SMARTS) is 1. The van der Waals surface area contributed by atoms with Gasteiger partial charge in [-0.3, -0.25) is 19.3 Å². The van der Waals surface area contributed by atoms with Gasteiger partial charge in [0.25, 0.3) is 11.8 Å². The van der Waals surface area contributed by atoms with Gasteiger partial charge >= 0.3 is 5.97 Å². The number of sulfone groups is 1. The summed E-state index contributed by atoms with van der Waals surface area (Å²) in [7, 11) is -3.37. The van der Waals surface area contributed by atoms with E-state index in [-0.39, 0.29) is 42.2 Å². The molecule has 1 aliphatic carbocycles. The first-order chi connectivity index (χ1) is 15.1. The van der Waals surface area contributed by atoms with E-state index in [2.05, 4.69) is 5.32 Å². The van der Waals surface area contributed by atoms with Gasteiger partial charge in [-0.1, -0.05) is 31.9 Å². The molecule has 174 valence electrons. The van der Waals surface area contributed by atoms with Crippen molar-refractivity contribution in [2.45, 2.75) is 45.1 Å². The predicted octanol–water partition coefficient (Wildman–Crippen LogP) is 1.48. The third-order valence-electron chi connectivity index (χ3n) is 6.31. The fraction of sp³-hybridized carbons (Fsp3) is 0.545. The van der Waals surface area contributed by atoms with Crippen LogP contribution in [-0.2, 0) is 19.4 Å². The van der Waals surface area contributed by atoms with Crippen LogP contribution in [-0.4, -0.2) is 66.2 Å². The number of carbonyl (C=O) groups excluding carboxylic acids is 3. The minimum atomic E-state index is -3.37. The van der Waals surface area contributed by atoms with E-state index < -0.39 is 33.7 Å². The minimum absolute atomic E-state index is 0.0897. The summed E-state index contributed by atoms with van der Waals surface area (Å²) < 4.78 is 23.5. The maximum Gasteiger partial charge on any atom is 0.326 e. The quantitative estimate of drug-likeness (QED) is 0.528. The normalized spacial score (nSPS) is 21.8. The Labute approximate surface area is 187 Å². The van der Waals surface area contributed by atoms with Crippen LogP contribution >= 0.6 is 0 Å². The van der Waals surface area contributed by atoms with Crippen LogP contribution in [0.5, 0.6) is 0 Å². The second kappa shape index (κ2) is 9.81. The molecule has 32 heavy (non-hydrogen) atoms. The molecule has 10 heteroatoms. The fourth-order valence-corrected chi connectivity index (χ4v) is 5.27. The standard InChI is InChI=1S/C22H28N2O7S/c1-2-32(30,31)12-11-18(22(28)29)23-19(25)15-8-4-3-7-14(15)13-24-20(26)16-9-5-6-10-17(16)21(24)27/h5-6,9-10,14-15,18H,2-4,7-8,11-13H2,1H3,(H,23,25)(H,28,29). The average molecular weight is 465 g/mol. The predicted molar refractivity (Wildman–Crippen MR) is 116 cm³/mol. The van der Waals surface area contributed by atoms with E-state index in [0.29, 0.717) is 24.0 Å². The van der Waals surface area contributed by atoms with Gasteiger partial charge < -0.3 is 10.4 Å². The molecule has 1 heterocycles. The molecule has 1 aliphatic heterocycles. The number of aliphatic carboxylic acids is 1. The molecule has 3 atom stereocenters. The number of carbonyl (C=O) groups is 4. The number of rotatable bonds is 9. The average Bonchev–Trinajstić information content (AvgIpc) is 3.01. The van der Waals surface area contributed by atoms with Gasteiger partial charge in [-0.05, 0) is 37.3 Å². The van der Waals surface area contributed by atoms with Crippen molar-refractivity contribution in [3.8, 4) is 0 Å². The highest BCUT2D eigenvalue weighted by atomic mass is 32.2. The lowest BCUT2D eigenvalue weighted by atomic mass is 9.78. The third-order valence-corrected chi connectivity index (χ3v) is 8.05. The van der Waals surface area contributed by atoms with Crippen LogP contribution in [0.3, 0.4) is 0 Å². The van der Waals surface area contributed by atoms with Gasteiger partial charge in [-0.15, -0.1) is 0 Å². The first kappa shape index (κ1) is 23.9.